The van der Waals surface area contributed by atoms with E-state index in [2.05, 4.69) is 51.1 Å². The van der Waals surface area contributed by atoms with E-state index in [0.29, 0.717) is 6.54 Å². The van der Waals surface area contributed by atoms with Crippen LogP contribution in [0.3, 0.4) is 0 Å². The number of aromatic nitrogens is 2. The summed E-state index contributed by atoms with van der Waals surface area (Å²) in [6.07, 6.45) is 2.08. The van der Waals surface area contributed by atoms with E-state index >= 15 is 0 Å². The number of hydrogen-bond donors (Lipinski definition) is 1. The third-order valence-electron chi connectivity index (χ3n) is 2.77. The first-order valence-corrected chi connectivity index (χ1v) is 5.68. The summed E-state index contributed by atoms with van der Waals surface area (Å²) in [5, 5.41) is 4.57. The molecule has 16 heavy (non-hydrogen) atoms. The van der Waals surface area contributed by atoms with Gasteiger partial charge in [-0.1, -0.05) is 20.8 Å². The van der Waals surface area contributed by atoms with Crippen molar-refractivity contribution < 1.29 is 0 Å². The molecule has 0 aliphatic rings. The molecule has 1 aromatic heterocycles. The van der Waals surface area contributed by atoms with E-state index in [4.69, 9.17) is 5.73 Å². The molecule has 2 N–H and O–H groups in total. The summed E-state index contributed by atoms with van der Waals surface area (Å²) in [6.45, 7) is 7.16. The molecule has 0 spiro atoms. The maximum absolute atomic E-state index is 5.85. The highest BCUT2D eigenvalue weighted by Gasteiger charge is 2.26. The lowest BCUT2D eigenvalue weighted by atomic mass is 9.87. The average molecular weight is 224 g/mol. The molecule has 1 atom stereocenters. The first-order valence-electron chi connectivity index (χ1n) is 5.68. The Balaban J connectivity index is 3.21. The van der Waals surface area contributed by atoms with Gasteiger partial charge in [0, 0.05) is 36.8 Å². The lowest BCUT2D eigenvalue weighted by molar-refractivity contribution is 0.302. The van der Waals surface area contributed by atoms with Crippen molar-refractivity contribution in [3.8, 4) is 0 Å². The molecule has 0 amide bonds. The van der Waals surface area contributed by atoms with Crippen LogP contribution >= 0.6 is 0 Å². The fourth-order valence-electron chi connectivity index (χ4n) is 1.95. The molecule has 1 aromatic rings. The monoisotopic (exact) mass is 224 g/mol. The van der Waals surface area contributed by atoms with Crippen LogP contribution in [0.15, 0.2) is 6.20 Å². The second-order valence-electron chi connectivity index (χ2n) is 5.57. The van der Waals surface area contributed by atoms with Gasteiger partial charge in [-0.25, -0.2) is 0 Å². The molecule has 92 valence electrons. The van der Waals surface area contributed by atoms with E-state index in [9.17, 15) is 0 Å². The summed E-state index contributed by atoms with van der Waals surface area (Å²) >= 11 is 0. The van der Waals surface area contributed by atoms with Crippen molar-refractivity contribution in [2.75, 3.05) is 20.6 Å². The van der Waals surface area contributed by atoms with E-state index < -0.39 is 0 Å². The van der Waals surface area contributed by atoms with Gasteiger partial charge in [0.15, 0.2) is 0 Å². The van der Waals surface area contributed by atoms with E-state index in [1.165, 1.54) is 5.56 Å². The Hall–Kier alpha value is -0.870. The minimum absolute atomic E-state index is 0.0556. The van der Waals surface area contributed by atoms with Crippen LogP contribution in [-0.2, 0) is 12.5 Å². The zero-order valence-corrected chi connectivity index (χ0v) is 11.3. The SMILES string of the molecule is CN(C)C(CN)c1cn(C)nc1C(C)(C)C. The lowest BCUT2D eigenvalue weighted by Gasteiger charge is -2.26. The van der Waals surface area contributed by atoms with Crippen LogP contribution in [0.5, 0.6) is 0 Å². The molecule has 4 heteroatoms. The summed E-state index contributed by atoms with van der Waals surface area (Å²) in [5.74, 6) is 0. The van der Waals surface area contributed by atoms with Crippen LogP contribution in [0.1, 0.15) is 38.1 Å². The normalized spacial score (nSPS) is 14.5. The van der Waals surface area contributed by atoms with Gasteiger partial charge in [-0.05, 0) is 14.1 Å². The highest BCUT2D eigenvalue weighted by atomic mass is 15.3. The minimum Gasteiger partial charge on any atom is -0.329 e. The highest BCUT2D eigenvalue weighted by Crippen LogP contribution is 2.29. The van der Waals surface area contributed by atoms with Crippen molar-refractivity contribution in [1.82, 2.24) is 14.7 Å². The number of likely N-dealkylation sites (N-methyl/N-ethyl adjacent to an activating group) is 1. The molecule has 4 nitrogen and oxygen atoms in total. The van der Waals surface area contributed by atoms with Crippen LogP contribution in [0, 0.1) is 0 Å². The van der Waals surface area contributed by atoms with Crippen molar-refractivity contribution >= 4 is 0 Å². The van der Waals surface area contributed by atoms with Crippen LogP contribution in [0.2, 0.25) is 0 Å². The second kappa shape index (κ2) is 4.55. The zero-order valence-electron chi connectivity index (χ0n) is 11.3. The summed E-state index contributed by atoms with van der Waals surface area (Å²) in [4.78, 5) is 2.15. The molecule has 1 unspecified atom stereocenters. The number of nitrogens with two attached hydrogens (primary N) is 1. The Morgan fingerprint density at radius 2 is 2.00 bits per heavy atom. The smallest absolute Gasteiger partial charge is 0.0726 e. The van der Waals surface area contributed by atoms with Crippen LogP contribution in [-0.4, -0.2) is 35.3 Å². The Morgan fingerprint density at radius 1 is 1.44 bits per heavy atom. The number of rotatable bonds is 3. The van der Waals surface area contributed by atoms with Gasteiger partial charge in [0.25, 0.3) is 0 Å². The van der Waals surface area contributed by atoms with Gasteiger partial charge >= 0.3 is 0 Å². The predicted octanol–water partition coefficient (Wildman–Crippen LogP) is 1.28. The molecule has 0 saturated carbocycles. The van der Waals surface area contributed by atoms with E-state index in [0.717, 1.165) is 5.69 Å². The molecule has 1 rings (SSSR count). The maximum atomic E-state index is 5.85. The van der Waals surface area contributed by atoms with Crippen molar-refractivity contribution in [3.05, 3.63) is 17.5 Å². The van der Waals surface area contributed by atoms with Gasteiger partial charge in [-0.2, -0.15) is 5.10 Å². The fraction of sp³-hybridized carbons (Fsp3) is 0.750. The van der Waals surface area contributed by atoms with Gasteiger partial charge in [0.2, 0.25) is 0 Å². The van der Waals surface area contributed by atoms with Gasteiger partial charge in [-0.3, -0.25) is 4.68 Å². The molecule has 0 radical (unpaired) electrons. The predicted molar refractivity (Wildman–Crippen MR) is 67.4 cm³/mol. The van der Waals surface area contributed by atoms with E-state index in [1.807, 2.05) is 11.7 Å². The topological polar surface area (TPSA) is 47.1 Å². The van der Waals surface area contributed by atoms with Gasteiger partial charge < -0.3 is 10.6 Å². The summed E-state index contributed by atoms with van der Waals surface area (Å²) in [7, 11) is 6.07. The van der Waals surface area contributed by atoms with Crippen LogP contribution in [0.25, 0.3) is 0 Å². The molecule has 1 heterocycles. The molecule has 0 aliphatic carbocycles. The molecule has 0 bridgehead atoms. The largest absolute Gasteiger partial charge is 0.329 e. The molecule has 0 fully saturated rings. The third-order valence-corrected chi connectivity index (χ3v) is 2.77. The Bertz CT molecular complexity index is 346. The Labute approximate surface area is 98.4 Å². The van der Waals surface area contributed by atoms with Crippen molar-refractivity contribution in [1.29, 1.82) is 0 Å². The van der Waals surface area contributed by atoms with Crippen LogP contribution in [0.4, 0.5) is 0 Å². The zero-order chi connectivity index (χ0) is 12.5. The summed E-state index contributed by atoms with van der Waals surface area (Å²) < 4.78 is 1.88. The fourth-order valence-corrected chi connectivity index (χ4v) is 1.95. The number of hydrogen-bond acceptors (Lipinski definition) is 3. The van der Waals surface area contributed by atoms with Gasteiger partial charge in [0.05, 0.1) is 5.69 Å². The molecular formula is C12H24N4. The van der Waals surface area contributed by atoms with Crippen molar-refractivity contribution in [2.45, 2.75) is 32.2 Å². The first-order chi connectivity index (χ1) is 7.27. The highest BCUT2D eigenvalue weighted by molar-refractivity contribution is 5.27. The molecule has 0 aromatic carbocycles. The van der Waals surface area contributed by atoms with Crippen molar-refractivity contribution in [2.24, 2.45) is 12.8 Å². The van der Waals surface area contributed by atoms with Gasteiger partial charge in [0.1, 0.15) is 0 Å². The van der Waals surface area contributed by atoms with Crippen LogP contribution < -0.4 is 5.73 Å². The molecule has 0 aliphatic heterocycles. The summed E-state index contributed by atoms with van der Waals surface area (Å²) in [5.41, 5.74) is 8.28. The molecule has 0 saturated heterocycles. The average Bonchev–Trinajstić information content (AvgIpc) is 2.47. The summed E-state index contributed by atoms with van der Waals surface area (Å²) in [6, 6.07) is 0.239. The maximum Gasteiger partial charge on any atom is 0.0726 e. The Kier molecular flexibility index (Phi) is 3.76. The number of nitrogens with zero attached hydrogens (tertiary/aromatic N) is 3. The minimum atomic E-state index is 0.0556. The van der Waals surface area contributed by atoms with Gasteiger partial charge in [-0.15, -0.1) is 0 Å². The first kappa shape index (κ1) is 13.2. The second-order valence-corrected chi connectivity index (χ2v) is 5.57. The number of aryl methyl sites for hydroxylation is 1. The Morgan fingerprint density at radius 3 is 2.38 bits per heavy atom. The lowest BCUT2D eigenvalue weighted by Crippen LogP contribution is -2.29. The van der Waals surface area contributed by atoms with E-state index in [-0.39, 0.29) is 11.5 Å². The quantitative estimate of drug-likeness (QED) is 0.841. The standard InChI is InChI=1S/C12H24N4/c1-12(2,3)11-9(8-16(6)14-11)10(7-13)15(4)5/h8,10H,7,13H2,1-6H3. The van der Waals surface area contributed by atoms with Crippen molar-refractivity contribution in [3.63, 3.8) is 0 Å². The molecular weight excluding hydrogens is 200 g/mol. The van der Waals surface area contributed by atoms with E-state index in [1.54, 1.807) is 0 Å². The third kappa shape index (κ3) is 2.62.